The van der Waals surface area contributed by atoms with Crippen LogP contribution in [0.2, 0.25) is 0 Å². The molecule has 0 fully saturated rings. The van der Waals surface area contributed by atoms with E-state index in [2.05, 4.69) is 0 Å². The van der Waals surface area contributed by atoms with E-state index in [1.165, 1.54) is 30.2 Å². The molecule has 6 heteroatoms. The molecule has 1 aromatic rings. The molecule has 0 aliphatic carbocycles. The third-order valence-corrected chi connectivity index (χ3v) is 3.98. The Kier molecular flexibility index (Phi) is 3.98. The monoisotopic (exact) mass is 249 g/mol. The van der Waals surface area contributed by atoms with Crippen LogP contribution in [-0.2, 0) is 9.84 Å². The lowest BCUT2D eigenvalue weighted by Crippen LogP contribution is -2.05. The van der Waals surface area contributed by atoms with Crippen molar-refractivity contribution >= 4 is 27.3 Å². The van der Waals surface area contributed by atoms with Crippen molar-refractivity contribution in [2.24, 2.45) is 0 Å². The first-order valence-corrected chi connectivity index (χ1v) is 7.28. The number of nitrogens with two attached hydrogens (primary N) is 1. The van der Waals surface area contributed by atoms with E-state index < -0.39 is 9.84 Å². The molecule has 0 saturated heterocycles. The molecular weight excluding hydrogens is 237 g/mol. The van der Waals surface area contributed by atoms with E-state index in [-0.39, 0.29) is 11.6 Å². The summed E-state index contributed by atoms with van der Waals surface area (Å²) >= 11 is 1.31. The SMILES string of the molecule is CS(=O)(=O)CCSc1ccc(F)cc1N. The maximum absolute atomic E-state index is 12.7. The van der Waals surface area contributed by atoms with Crippen LogP contribution in [0.15, 0.2) is 23.1 Å². The molecule has 3 nitrogen and oxygen atoms in total. The fourth-order valence-corrected chi connectivity index (χ4v) is 3.11. The Balaban J connectivity index is 2.59. The summed E-state index contributed by atoms with van der Waals surface area (Å²) < 4.78 is 34.4. The number of nitrogen functional groups attached to an aromatic ring is 1. The van der Waals surface area contributed by atoms with Gasteiger partial charge in [-0.1, -0.05) is 0 Å². The van der Waals surface area contributed by atoms with Crippen LogP contribution in [0.25, 0.3) is 0 Å². The predicted molar refractivity (Wildman–Crippen MR) is 61.2 cm³/mol. The zero-order valence-electron chi connectivity index (χ0n) is 8.23. The molecule has 15 heavy (non-hydrogen) atoms. The molecule has 0 aromatic heterocycles. The topological polar surface area (TPSA) is 60.2 Å². The lowest BCUT2D eigenvalue weighted by atomic mass is 10.3. The number of hydrogen-bond acceptors (Lipinski definition) is 4. The summed E-state index contributed by atoms with van der Waals surface area (Å²) in [5.41, 5.74) is 5.90. The number of sulfone groups is 1. The van der Waals surface area contributed by atoms with Gasteiger partial charge in [-0.15, -0.1) is 11.8 Å². The lowest BCUT2D eigenvalue weighted by Gasteiger charge is -2.04. The molecule has 0 saturated carbocycles. The largest absolute Gasteiger partial charge is 0.398 e. The zero-order valence-corrected chi connectivity index (χ0v) is 9.87. The first-order valence-electron chi connectivity index (χ1n) is 4.24. The minimum Gasteiger partial charge on any atom is -0.398 e. The zero-order chi connectivity index (χ0) is 11.5. The molecule has 0 aliphatic heterocycles. The van der Waals surface area contributed by atoms with Crippen molar-refractivity contribution in [1.29, 1.82) is 0 Å². The standard InChI is InChI=1S/C9H12FNO2S2/c1-15(12,13)5-4-14-9-3-2-7(10)6-8(9)11/h2-3,6H,4-5,11H2,1H3. The van der Waals surface area contributed by atoms with Gasteiger partial charge in [-0.3, -0.25) is 0 Å². The van der Waals surface area contributed by atoms with Crippen molar-refractivity contribution in [3.8, 4) is 0 Å². The molecule has 1 aromatic carbocycles. The Morgan fingerprint density at radius 1 is 1.47 bits per heavy atom. The fraction of sp³-hybridized carbons (Fsp3) is 0.333. The highest BCUT2D eigenvalue weighted by Gasteiger charge is 2.05. The van der Waals surface area contributed by atoms with E-state index in [4.69, 9.17) is 5.73 Å². The summed E-state index contributed by atoms with van der Waals surface area (Å²) in [4.78, 5) is 0.708. The third kappa shape index (κ3) is 4.53. The number of hydrogen-bond donors (Lipinski definition) is 1. The minimum atomic E-state index is -2.95. The van der Waals surface area contributed by atoms with Crippen LogP contribution in [-0.4, -0.2) is 26.2 Å². The van der Waals surface area contributed by atoms with Crippen molar-refractivity contribution in [3.63, 3.8) is 0 Å². The molecule has 0 heterocycles. The fourth-order valence-electron chi connectivity index (χ4n) is 0.954. The molecule has 0 aliphatic rings. The second kappa shape index (κ2) is 4.85. The maximum Gasteiger partial charge on any atom is 0.148 e. The number of anilines is 1. The second-order valence-corrected chi connectivity index (χ2v) is 6.56. The summed E-state index contributed by atoms with van der Waals surface area (Å²) in [7, 11) is -2.95. The number of halogens is 1. The third-order valence-electron chi connectivity index (χ3n) is 1.68. The van der Waals surface area contributed by atoms with Crippen LogP contribution >= 0.6 is 11.8 Å². The van der Waals surface area contributed by atoms with Crippen molar-refractivity contribution in [3.05, 3.63) is 24.0 Å². The van der Waals surface area contributed by atoms with Gasteiger partial charge in [0.05, 0.1) is 5.75 Å². The summed E-state index contributed by atoms with van der Waals surface area (Å²) in [5, 5.41) is 0. The molecule has 0 bridgehead atoms. The summed E-state index contributed by atoms with van der Waals surface area (Å²) in [5.74, 6) is 0.128. The van der Waals surface area contributed by atoms with E-state index in [1.807, 2.05) is 0 Å². The molecule has 0 atom stereocenters. The van der Waals surface area contributed by atoms with Crippen molar-refractivity contribution in [2.45, 2.75) is 4.90 Å². The van der Waals surface area contributed by atoms with Crippen LogP contribution in [0.1, 0.15) is 0 Å². The Labute approximate surface area is 92.8 Å². The van der Waals surface area contributed by atoms with E-state index in [0.717, 1.165) is 0 Å². The molecule has 1 rings (SSSR count). The molecule has 0 spiro atoms. The average molecular weight is 249 g/mol. The van der Waals surface area contributed by atoms with Gasteiger partial charge in [0.25, 0.3) is 0 Å². The normalized spacial score (nSPS) is 11.6. The quantitative estimate of drug-likeness (QED) is 0.649. The minimum absolute atomic E-state index is 0.0917. The van der Waals surface area contributed by atoms with Gasteiger partial charge in [-0.2, -0.15) is 0 Å². The molecule has 2 N–H and O–H groups in total. The van der Waals surface area contributed by atoms with E-state index in [0.29, 0.717) is 16.3 Å². The molecular formula is C9H12FNO2S2. The second-order valence-electron chi connectivity index (χ2n) is 3.16. The van der Waals surface area contributed by atoms with Crippen LogP contribution in [0, 0.1) is 5.82 Å². The van der Waals surface area contributed by atoms with Gasteiger partial charge in [-0.25, -0.2) is 12.8 Å². The summed E-state index contributed by atoms with van der Waals surface area (Å²) in [6, 6.07) is 4.08. The predicted octanol–water partition coefficient (Wildman–Crippen LogP) is 1.54. The van der Waals surface area contributed by atoms with Gasteiger partial charge in [0, 0.05) is 22.6 Å². The summed E-state index contributed by atoms with van der Waals surface area (Å²) in [6.07, 6.45) is 1.18. The first kappa shape index (κ1) is 12.3. The average Bonchev–Trinajstić information content (AvgIpc) is 2.07. The van der Waals surface area contributed by atoms with Crippen molar-refractivity contribution in [1.82, 2.24) is 0 Å². The van der Waals surface area contributed by atoms with Gasteiger partial charge in [-0.05, 0) is 18.2 Å². The Bertz CT molecular complexity index is 445. The van der Waals surface area contributed by atoms with Gasteiger partial charge < -0.3 is 5.73 Å². The smallest absolute Gasteiger partial charge is 0.148 e. The first-order chi connectivity index (χ1) is 6.88. The van der Waals surface area contributed by atoms with E-state index >= 15 is 0 Å². The van der Waals surface area contributed by atoms with Gasteiger partial charge in [0.15, 0.2) is 0 Å². The highest BCUT2D eigenvalue weighted by Crippen LogP contribution is 2.25. The van der Waals surface area contributed by atoms with Crippen LogP contribution in [0.3, 0.4) is 0 Å². The Morgan fingerprint density at radius 2 is 2.13 bits per heavy atom. The number of thioether (sulfide) groups is 1. The van der Waals surface area contributed by atoms with Crippen LogP contribution in [0.5, 0.6) is 0 Å². The number of benzene rings is 1. The maximum atomic E-state index is 12.7. The Morgan fingerprint density at radius 3 is 2.67 bits per heavy atom. The summed E-state index contributed by atoms with van der Waals surface area (Å²) in [6.45, 7) is 0. The van der Waals surface area contributed by atoms with Gasteiger partial charge >= 0.3 is 0 Å². The van der Waals surface area contributed by atoms with Gasteiger partial charge in [0.2, 0.25) is 0 Å². The molecule has 0 amide bonds. The molecule has 0 radical (unpaired) electrons. The van der Waals surface area contributed by atoms with E-state index in [1.54, 1.807) is 6.07 Å². The highest BCUT2D eigenvalue weighted by molar-refractivity contribution is 8.00. The van der Waals surface area contributed by atoms with Gasteiger partial charge in [0.1, 0.15) is 15.7 Å². The number of rotatable bonds is 4. The van der Waals surface area contributed by atoms with Crippen LogP contribution < -0.4 is 5.73 Å². The van der Waals surface area contributed by atoms with Crippen molar-refractivity contribution < 1.29 is 12.8 Å². The highest BCUT2D eigenvalue weighted by atomic mass is 32.2. The lowest BCUT2D eigenvalue weighted by molar-refractivity contribution is 0.603. The van der Waals surface area contributed by atoms with E-state index in [9.17, 15) is 12.8 Å². The molecule has 84 valence electrons. The van der Waals surface area contributed by atoms with Crippen LogP contribution in [0.4, 0.5) is 10.1 Å². The van der Waals surface area contributed by atoms with Crippen molar-refractivity contribution in [2.75, 3.05) is 23.5 Å². The molecule has 0 unspecified atom stereocenters. The Hall–Kier alpha value is -0.750.